The number of hydrogen-bond acceptors (Lipinski definition) is 2. The standard InChI is InChI=1S/C12H24N2O/c1-9-7-5-6-8-14(9)11(15)10(13)12(2,3)4/h9-10H,5-8,13H2,1-4H3/t9?,10-/m1/s1. The van der Waals surface area contributed by atoms with Gasteiger partial charge in [0.1, 0.15) is 0 Å². The van der Waals surface area contributed by atoms with Crippen molar-refractivity contribution in [1.29, 1.82) is 0 Å². The normalized spacial score (nSPS) is 25.1. The van der Waals surface area contributed by atoms with Crippen LogP contribution in [0, 0.1) is 5.41 Å². The smallest absolute Gasteiger partial charge is 0.240 e. The van der Waals surface area contributed by atoms with E-state index in [1.54, 1.807) is 0 Å². The van der Waals surface area contributed by atoms with Gasteiger partial charge in [-0.25, -0.2) is 0 Å². The molecule has 1 fully saturated rings. The summed E-state index contributed by atoms with van der Waals surface area (Å²) in [7, 11) is 0. The van der Waals surface area contributed by atoms with Crippen LogP contribution in [0.15, 0.2) is 0 Å². The molecule has 1 unspecified atom stereocenters. The van der Waals surface area contributed by atoms with Crippen molar-refractivity contribution in [3.63, 3.8) is 0 Å². The zero-order chi connectivity index (χ0) is 11.6. The lowest BCUT2D eigenvalue weighted by Crippen LogP contribution is -2.54. The minimum atomic E-state index is -0.377. The molecule has 0 aliphatic carbocycles. The Labute approximate surface area is 93.0 Å². The van der Waals surface area contributed by atoms with Crippen LogP contribution >= 0.6 is 0 Å². The van der Waals surface area contributed by atoms with Gasteiger partial charge in [-0.3, -0.25) is 4.79 Å². The Balaban J connectivity index is 2.66. The van der Waals surface area contributed by atoms with Crippen molar-refractivity contribution in [1.82, 2.24) is 4.90 Å². The average molecular weight is 212 g/mol. The van der Waals surface area contributed by atoms with E-state index in [4.69, 9.17) is 5.73 Å². The second kappa shape index (κ2) is 4.52. The van der Waals surface area contributed by atoms with Gasteiger partial charge in [-0.05, 0) is 31.6 Å². The van der Waals surface area contributed by atoms with Crippen LogP contribution in [0.2, 0.25) is 0 Å². The monoisotopic (exact) mass is 212 g/mol. The van der Waals surface area contributed by atoms with Crippen LogP contribution in [0.4, 0.5) is 0 Å². The van der Waals surface area contributed by atoms with Gasteiger partial charge in [0, 0.05) is 12.6 Å². The topological polar surface area (TPSA) is 46.3 Å². The van der Waals surface area contributed by atoms with Gasteiger partial charge in [-0.2, -0.15) is 0 Å². The molecule has 15 heavy (non-hydrogen) atoms. The third-order valence-electron chi connectivity index (χ3n) is 3.29. The molecule has 0 saturated carbocycles. The first-order valence-electron chi connectivity index (χ1n) is 5.90. The summed E-state index contributed by atoms with van der Waals surface area (Å²) in [5.41, 5.74) is 5.85. The van der Waals surface area contributed by atoms with Gasteiger partial charge in [0.25, 0.3) is 0 Å². The average Bonchev–Trinajstić information content (AvgIpc) is 2.15. The molecule has 1 amide bonds. The first-order valence-corrected chi connectivity index (χ1v) is 5.90. The van der Waals surface area contributed by atoms with Gasteiger partial charge in [-0.15, -0.1) is 0 Å². The highest BCUT2D eigenvalue weighted by Crippen LogP contribution is 2.23. The van der Waals surface area contributed by atoms with Crippen LogP contribution in [-0.4, -0.2) is 29.4 Å². The minimum absolute atomic E-state index is 0.120. The Morgan fingerprint density at radius 2 is 2.00 bits per heavy atom. The van der Waals surface area contributed by atoms with Crippen LogP contribution in [0.1, 0.15) is 47.0 Å². The van der Waals surface area contributed by atoms with Gasteiger partial charge in [-0.1, -0.05) is 20.8 Å². The fourth-order valence-electron chi connectivity index (χ4n) is 1.97. The summed E-state index contributed by atoms with van der Waals surface area (Å²) in [4.78, 5) is 14.1. The lowest BCUT2D eigenvalue weighted by molar-refractivity contribution is -0.138. The summed E-state index contributed by atoms with van der Waals surface area (Å²) >= 11 is 0. The molecule has 1 saturated heterocycles. The molecule has 1 rings (SSSR count). The number of amides is 1. The maximum Gasteiger partial charge on any atom is 0.240 e. The molecule has 88 valence electrons. The molecule has 2 atom stereocenters. The highest BCUT2D eigenvalue weighted by molar-refractivity contribution is 5.82. The lowest BCUT2D eigenvalue weighted by Gasteiger charge is -2.38. The third kappa shape index (κ3) is 2.94. The predicted octanol–water partition coefficient (Wildman–Crippen LogP) is 1.76. The third-order valence-corrected chi connectivity index (χ3v) is 3.29. The lowest BCUT2D eigenvalue weighted by atomic mass is 9.86. The molecule has 1 heterocycles. The molecule has 0 spiro atoms. The van der Waals surface area contributed by atoms with Crippen LogP contribution < -0.4 is 5.73 Å². The van der Waals surface area contributed by atoms with E-state index >= 15 is 0 Å². The van der Waals surface area contributed by atoms with Gasteiger partial charge in [0.05, 0.1) is 6.04 Å². The fraction of sp³-hybridized carbons (Fsp3) is 0.917. The molecule has 0 aromatic carbocycles. The molecule has 3 nitrogen and oxygen atoms in total. The van der Waals surface area contributed by atoms with E-state index in [-0.39, 0.29) is 17.4 Å². The van der Waals surface area contributed by atoms with Crippen LogP contribution in [0.3, 0.4) is 0 Å². The van der Waals surface area contributed by atoms with Gasteiger partial charge in [0.15, 0.2) is 0 Å². The Kier molecular flexibility index (Phi) is 3.77. The van der Waals surface area contributed by atoms with Crippen molar-refractivity contribution in [2.75, 3.05) is 6.54 Å². The number of carbonyl (C=O) groups is 1. The highest BCUT2D eigenvalue weighted by atomic mass is 16.2. The van der Waals surface area contributed by atoms with Crippen molar-refractivity contribution in [3.8, 4) is 0 Å². The maximum absolute atomic E-state index is 12.2. The summed E-state index contributed by atoms with van der Waals surface area (Å²) < 4.78 is 0. The largest absolute Gasteiger partial charge is 0.339 e. The quantitative estimate of drug-likeness (QED) is 0.720. The van der Waals surface area contributed by atoms with Crippen molar-refractivity contribution in [2.24, 2.45) is 11.1 Å². The van der Waals surface area contributed by atoms with E-state index in [2.05, 4.69) is 6.92 Å². The molecular weight excluding hydrogens is 188 g/mol. The van der Waals surface area contributed by atoms with E-state index < -0.39 is 0 Å². The van der Waals surface area contributed by atoms with Crippen LogP contribution in [0.25, 0.3) is 0 Å². The van der Waals surface area contributed by atoms with Gasteiger partial charge >= 0.3 is 0 Å². The second-order valence-electron chi connectivity index (χ2n) is 5.72. The van der Waals surface area contributed by atoms with E-state index in [0.717, 1.165) is 19.4 Å². The van der Waals surface area contributed by atoms with Crippen molar-refractivity contribution in [2.45, 2.75) is 59.0 Å². The van der Waals surface area contributed by atoms with Crippen LogP contribution in [-0.2, 0) is 4.79 Å². The summed E-state index contributed by atoms with van der Waals surface area (Å²) in [6.07, 6.45) is 3.46. The van der Waals surface area contributed by atoms with Crippen molar-refractivity contribution in [3.05, 3.63) is 0 Å². The number of hydrogen-bond donors (Lipinski definition) is 1. The molecule has 0 aromatic rings. The Hall–Kier alpha value is -0.570. The number of nitrogens with zero attached hydrogens (tertiary/aromatic N) is 1. The number of nitrogens with two attached hydrogens (primary N) is 1. The molecule has 1 aliphatic heterocycles. The summed E-state index contributed by atoms with van der Waals surface area (Å²) in [5.74, 6) is 0.120. The van der Waals surface area contributed by atoms with Gasteiger partial charge < -0.3 is 10.6 Å². The fourth-order valence-corrected chi connectivity index (χ4v) is 1.97. The number of likely N-dealkylation sites (tertiary alicyclic amines) is 1. The second-order valence-corrected chi connectivity index (χ2v) is 5.72. The Bertz CT molecular complexity index is 232. The maximum atomic E-state index is 12.2. The number of carbonyl (C=O) groups excluding carboxylic acids is 1. The van der Waals surface area contributed by atoms with E-state index in [9.17, 15) is 4.79 Å². The zero-order valence-electron chi connectivity index (χ0n) is 10.4. The molecule has 3 heteroatoms. The summed E-state index contributed by atoms with van der Waals surface area (Å²) in [6, 6.07) is -0.0160. The Morgan fingerprint density at radius 1 is 1.40 bits per heavy atom. The zero-order valence-corrected chi connectivity index (χ0v) is 10.4. The molecule has 0 aromatic heterocycles. The Morgan fingerprint density at radius 3 is 2.47 bits per heavy atom. The predicted molar refractivity (Wildman–Crippen MR) is 62.5 cm³/mol. The first-order chi connectivity index (χ1) is 6.84. The summed E-state index contributed by atoms with van der Waals surface area (Å²) in [5, 5.41) is 0. The van der Waals surface area contributed by atoms with E-state index in [0.29, 0.717) is 6.04 Å². The highest BCUT2D eigenvalue weighted by Gasteiger charge is 2.33. The minimum Gasteiger partial charge on any atom is -0.339 e. The van der Waals surface area contributed by atoms with Crippen LogP contribution in [0.5, 0.6) is 0 Å². The molecule has 1 aliphatic rings. The molecule has 0 radical (unpaired) electrons. The molecule has 0 bridgehead atoms. The van der Waals surface area contributed by atoms with Gasteiger partial charge in [0.2, 0.25) is 5.91 Å². The first kappa shape index (κ1) is 12.5. The van der Waals surface area contributed by atoms with E-state index in [1.165, 1.54) is 6.42 Å². The van der Waals surface area contributed by atoms with E-state index in [1.807, 2.05) is 25.7 Å². The number of rotatable bonds is 1. The SMILES string of the molecule is CC1CCCCN1C(=O)[C@@H](N)C(C)(C)C. The van der Waals surface area contributed by atoms with Crippen molar-refractivity contribution >= 4 is 5.91 Å². The summed E-state index contributed by atoms with van der Waals surface area (Å²) in [6.45, 7) is 9.05. The molecular formula is C12H24N2O. The molecule has 2 N–H and O–H groups in total. The number of piperidine rings is 1. The van der Waals surface area contributed by atoms with Crippen molar-refractivity contribution < 1.29 is 4.79 Å².